The van der Waals surface area contributed by atoms with Crippen LogP contribution in [0.1, 0.15) is 22.3 Å². The summed E-state index contributed by atoms with van der Waals surface area (Å²) in [4.78, 5) is 16.7. The SMILES string of the molecule is COc1ccc(C2=N/C(=C\c3ccc(C)cc3C)C(=O)N2)cc1OC. The first-order chi connectivity index (χ1) is 12.0. The number of carbonyl (C=O) groups excluding carboxylic acids is 1. The van der Waals surface area contributed by atoms with Crippen LogP contribution < -0.4 is 14.8 Å². The normalized spacial score (nSPS) is 15.1. The zero-order chi connectivity index (χ0) is 18.0. The van der Waals surface area contributed by atoms with Gasteiger partial charge < -0.3 is 14.8 Å². The maximum Gasteiger partial charge on any atom is 0.275 e. The van der Waals surface area contributed by atoms with Gasteiger partial charge in [-0.05, 0) is 49.2 Å². The van der Waals surface area contributed by atoms with Crippen molar-refractivity contribution in [3.05, 3.63) is 64.3 Å². The van der Waals surface area contributed by atoms with Crippen molar-refractivity contribution >= 4 is 17.8 Å². The van der Waals surface area contributed by atoms with Crippen LogP contribution in [0.15, 0.2) is 47.1 Å². The van der Waals surface area contributed by atoms with E-state index in [1.54, 1.807) is 32.4 Å². The molecule has 5 heteroatoms. The van der Waals surface area contributed by atoms with Crippen LogP contribution in [0.2, 0.25) is 0 Å². The molecule has 0 atom stereocenters. The van der Waals surface area contributed by atoms with E-state index in [-0.39, 0.29) is 5.91 Å². The molecule has 5 nitrogen and oxygen atoms in total. The number of benzene rings is 2. The third-order valence-electron chi connectivity index (χ3n) is 4.07. The van der Waals surface area contributed by atoms with E-state index in [2.05, 4.69) is 16.4 Å². The number of ether oxygens (including phenoxy) is 2. The lowest BCUT2D eigenvalue weighted by molar-refractivity contribution is -0.115. The second kappa shape index (κ2) is 6.81. The maximum atomic E-state index is 12.3. The Morgan fingerprint density at radius 3 is 2.44 bits per heavy atom. The number of carbonyl (C=O) groups is 1. The third kappa shape index (κ3) is 3.40. The van der Waals surface area contributed by atoms with Crippen LogP contribution in [0.3, 0.4) is 0 Å². The first-order valence-electron chi connectivity index (χ1n) is 7.93. The van der Waals surface area contributed by atoms with Crippen molar-refractivity contribution in [3.8, 4) is 11.5 Å². The molecule has 3 rings (SSSR count). The Balaban J connectivity index is 1.96. The highest BCUT2D eigenvalue weighted by molar-refractivity contribution is 6.20. The van der Waals surface area contributed by atoms with E-state index in [1.807, 2.05) is 32.0 Å². The zero-order valence-corrected chi connectivity index (χ0v) is 14.7. The van der Waals surface area contributed by atoms with Crippen LogP contribution in [0, 0.1) is 13.8 Å². The quantitative estimate of drug-likeness (QED) is 0.872. The first kappa shape index (κ1) is 16.8. The summed E-state index contributed by atoms with van der Waals surface area (Å²) in [6.07, 6.45) is 1.80. The monoisotopic (exact) mass is 336 g/mol. The maximum absolute atomic E-state index is 12.3. The van der Waals surface area contributed by atoms with Crippen molar-refractivity contribution in [1.82, 2.24) is 5.32 Å². The van der Waals surface area contributed by atoms with E-state index in [0.717, 1.165) is 16.7 Å². The molecule has 0 radical (unpaired) electrons. The molecule has 0 aliphatic carbocycles. The highest BCUT2D eigenvalue weighted by Crippen LogP contribution is 2.28. The summed E-state index contributed by atoms with van der Waals surface area (Å²) in [5.74, 6) is 1.50. The number of nitrogens with zero attached hydrogens (tertiary/aromatic N) is 1. The average molecular weight is 336 g/mol. The lowest BCUT2D eigenvalue weighted by atomic mass is 10.0. The minimum absolute atomic E-state index is 0.218. The summed E-state index contributed by atoms with van der Waals surface area (Å²) < 4.78 is 10.5. The zero-order valence-electron chi connectivity index (χ0n) is 14.7. The number of amidine groups is 1. The molecule has 0 spiro atoms. The molecule has 0 fully saturated rings. The van der Waals surface area contributed by atoms with Gasteiger partial charge in [-0.1, -0.05) is 23.8 Å². The average Bonchev–Trinajstić information content (AvgIpc) is 2.97. The molecular weight excluding hydrogens is 316 g/mol. The topological polar surface area (TPSA) is 59.9 Å². The van der Waals surface area contributed by atoms with Gasteiger partial charge in [0.05, 0.1) is 14.2 Å². The van der Waals surface area contributed by atoms with E-state index in [1.165, 1.54) is 5.56 Å². The summed E-state index contributed by atoms with van der Waals surface area (Å²) in [6.45, 7) is 4.06. The molecule has 0 saturated carbocycles. The number of hydrogen-bond donors (Lipinski definition) is 1. The Hall–Kier alpha value is -3.08. The van der Waals surface area contributed by atoms with Gasteiger partial charge in [0, 0.05) is 5.56 Å². The number of rotatable bonds is 4. The van der Waals surface area contributed by atoms with E-state index in [4.69, 9.17) is 9.47 Å². The molecule has 0 aromatic heterocycles. The molecule has 1 aliphatic rings. The van der Waals surface area contributed by atoms with Crippen molar-refractivity contribution in [3.63, 3.8) is 0 Å². The number of nitrogens with one attached hydrogen (secondary N) is 1. The van der Waals surface area contributed by atoms with Crippen LogP contribution >= 0.6 is 0 Å². The molecule has 25 heavy (non-hydrogen) atoms. The summed E-state index contributed by atoms with van der Waals surface area (Å²) >= 11 is 0. The van der Waals surface area contributed by atoms with Gasteiger partial charge in [-0.15, -0.1) is 0 Å². The minimum atomic E-state index is -0.218. The van der Waals surface area contributed by atoms with E-state index in [9.17, 15) is 4.79 Å². The number of amides is 1. The molecule has 2 aromatic carbocycles. The number of aryl methyl sites for hydroxylation is 2. The van der Waals surface area contributed by atoms with Crippen molar-refractivity contribution in [2.24, 2.45) is 4.99 Å². The predicted molar refractivity (Wildman–Crippen MR) is 98.1 cm³/mol. The molecule has 2 aromatic rings. The van der Waals surface area contributed by atoms with Gasteiger partial charge in [-0.25, -0.2) is 4.99 Å². The smallest absolute Gasteiger partial charge is 0.275 e. The number of methoxy groups -OCH3 is 2. The second-order valence-electron chi connectivity index (χ2n) is 5.87. The molecule has 1 aliphatic heterocycles. The molecule has 1 N–H and O–H groups in total. The van der Waals surface area contributed by atoms with Crippen LogP contribution in [0.4, 0.5) is 0 Å². The molecule has 128 valence electrons. The summed E-state index contributed by atoms with van der Waals surface area (Å²) in [5.41, 5.74) is 4.42. The Labute approximate surface area is 147 Å². The Bertz CT molecular complexity index is 898. The highest BCUT2D eigenvalue weighted by Gasteiger charge is 2.22. The molecule has 0 unspecified atom stereocenters. The fourth-order valence-corrected chi connectivity index (χ4v) is 2.72. The van der Waals surface area contributed by atoms with Gasteiger partial charge in [-0.3, -0.25) is 4.79 Å². The standard InChI is InChI=1S/C20H20N2O3/c1-12-5-6-14(13(2)9-12)10-16-20(23)22-19(21-16)15-7-8-17(24-3)18(11-15)25-4/h5-11H,1-4H3,(H,21,22,23)/b16-10-. The number of hydrogen-bond acceptors (Lipinski definition) is 4. The Morgan fingerprint density at radius 1 is 1.00 bits per heavy atom. The van der Waals surface area contributed by atoms with Crippen molar-refractivity contribution in [1.29, 1.82) is 0 Å². The molecule has 0 bridgehead atoms. The molecule has 1 amide bonds. The van der Waals surface area contributed by atoms with Gasteiger partial charge in [-0.2, -0.15) is 0 Å². The van der Waals surface area contributed by atoms with E-state index in [0.29, 0.717) is 23.0 Å². The molecule has 1 heterocycles. The van der Waals surface area contributed by atoms with Crippen LogP contribution in [-0.2, 0) is 4.79 Å². The fourth-order valence-electron chi connectivity index (χ4n) is 2.72. The predicted octanol–water partition coefficient (Wildman–Crippen LogP) is 3.24. The van der Waals surface area contributed by atoms with Gasteiger partial charge in [0.2, 0.25) is 0 Å². The fraction of sp³-hybridized carbons (Fsp3) is 0.200. The lowest BCUT2D eigenvalue weighted by Gasteiger charge is -2.09. The van der Waals surface area contributed by atoms with Crippen molar-refractivity contribution < 1.29 is 14.3 Å². The van der Waals surface area contributed by atoms with Crippen LogP contribution in [-0.4, -0.2) is 26.0 Å². The van der Waals surface area contributed by atoms with Crippen LogP contribution in [0.5, 0.6) is 11.5 Å². The third-order valence-corrected chi connectivity index (χ3v) is 4.07. The number of aliphatic imine (C=N–C) groups is 1. The molecule has 0 saturated heterocycles. The summed E-state index contributed by atoms with van der Waals surface area (Å²) in [6, 6.07) is 11.5. The van der Waals surface area contributed by atoms with Crippen LogP contribution in [0.25, 0.3) is 6.08 Å². The van der Waals surface area contributed by atoms with E-state index < -0.39 is 0 Å². The van der Waals surface area contributed by atoms with Crippen molar-refractivity contribution in [2.45, 2.75) is 13.8 Å². The Morgan fingerprint density at radius 2 is 1.76 bits per heavy atom. The summed E-state index contributed by atoms with van der Waals surface area (Å²) in [7, 11) is 3.15. The van der Waals surface area contributed by atoms with Crippen molar-refractivity contribution in [2.75, 3.05) is 14.2 Å². The Kier molecular flexibility index (Phi) is 4.57. The second-order valence-corrected chi connectivity index (χ2v) is 5.87. The summed E-state index contributed by atoms with van der Waals surface area (Å²) in [5, 5.41) is 2.81. The lowest BCUT2D eigenvalue weighted by Crippen LogP contribution is -2.24. The largest absolute Gasteiger partial charge is 0.493 e. The highest BCUT2D eigenvalue weighted by atomic mass is 16.5. The van der Waals surface area contributed by atoms with Gasteiger partial charge in [0.1, 0.15) is 11.5 Å². The minimum Gasteiger partial charge on any atom is -0.493 e. The van der Waals surface area contributed by atoms with E-state index >= 15 is 0 Å². The van der Waals surface area contributed by atoms with Gasteiger partial charge >= 0.3 is 0 Å². The van der Waals surface area contributed by atoms with Gasteiger partial charge in [0.25, 0.3) is 5.91 Å². The molecular formula is C20H20N2O3. The first-order valence-corrected chi connectivity index (χ1v) is 7.93. The van der Waals surface area contributed by atoms with Gasteiger partial charge in [0.15, 0.2) is 11.5 Å².